The van der Waals surface area contributed by atoms with Crippen molar-refractivity contribution in [3.8, 4) is 11.3 Å². The minimum absolute atomic E-state index is 0.768. The minimum atomic E-state index is 0.768. The molecule has 1 aromatic heterocycles. The summed E-state index contributed by atoms with van der Waals surface area (Å²) in [6, 6.07) is 12.6. The lowest BCUT2D eigenvalue weighted by Gasteiger charge is -2.29. The van der Waals surface area contributed by atoms with Crippen LogP contribution in [0, 0.1) is 0 Å². The minimum Gasteiger partial charge on any atom is -0.378 e. The SMILES string of the molecule is c1ccc(-c2cc(N3CCOCC3)nc(N3CCCCCC3)n2)cc1. The molecule has 0 amide bonds. The van der Waals surface area contributed by atoms with Crippen molar-refractivity contribution < 1.29 is 4.74 Å². The molecule has 0 saturated carbocycles. The van der Waals surface area contributed by atoms with Crippen molar-refractivity contribution in [2.45, 2.75) is 25.7 Å². The van der Waals surface area contributed by atoms with Crippen molar-refractivity contribution in [3.05, 3.63) is 36.4 Å². The van der Waals surface area contributed by atoms with E-state index in [0.717, 1.165) is 62.4 Å². The summed E-state index contributed by atoms with van der Waals surface area (Å²) >= 11 is 0. The third-order valence-corrected chi connectivity index (χ3v) is 4.99. The predicted molar refractivity (Wildman–Crippen MR) is 101 cm³/mol. The molecule has 3 heterocycles. The molecule has 2 aliphatic heterocycles. The van der Waals surface area contributed by atoms with Gasteiger partial charge in [-0.05, 0) is 12.8 Å². The van der Waals surface area contributed by atoms with E-state index in [1.54, 1.807) is 0 Å². The summed E-state index contributed by atoms with van der Waals surface area (Å²) in [6.45, 7) is 5.43. The predicted octanol–water partition coefficient (Wildman–Crippen LogP) is 3.36. The average Bonchev–Trinajstić information content (AvgIpc) is 2.99. The summed E-state index contributed by atoms with van der Waals surface area (Å²) in [4.78, 5) is 14.5. The van der Waals surface area contributed by atoms with E-state index in [0.29, 0.717) is 0 Å². The maximum atomic E-state index is 5.50. The van der Waals surface area contributed by atoms with Gasteiger partial charge in [-0.1, -0.05) is 43.2 Å². The zero-order chi connectivity index (χ0) is 16.9. The molecular weight excluding hydrogens is 312 g/mol. The molecule has 0 spiro atoms. The monoisotopic (exact) mass is 338 g/mol. The number of morpholine rings is 1. The number of anilines is 2. The van der Waals surface area contributed by atoms with Crippen LogP contribution in [0.5, 0.6) is 0 Å². The normalized spacial score (nSPS) is 18.9. The lowest BCUT2D eigenvalue weighted by Crippen LogP contribution is -2.37. The van der Waals surface area contributed by atoms with Crippen molar-refractivity contribution in [2.24, 2.45) is 0 Å². The summed E-state index contributed by atoms with van der Waals surface area (Å²) in [7, 11) is 0. The van der Waals surface area contributed by atoms with E-state index in [2.05, 4.69) is 40.1 Å². The molecule has 0 N–H and O–H groups in total. The highest BCUT2D eigenvalue weighted by molar-refractivity contribution is 5.65. The Hall–Kier alpha value is -2.14. The van der Waals surface area contributed by atoms with Gasteiger partial charge in [0.1, 0.15) is 5.82 Å². The van der Waals surface area contributed by atoms with Gasteiger partial charge < -0.3 is 14.5 Å². The van der Waals surface area contributed by atoms with Crippen LogP contribution in [0.15, 0.2) is 36.4 Å². The van der Waals surface area contributed by atoms with Crippen LogP contribution in [0.2, 0.25) is 0 Å². The van der Waals surface area contributed by atoms with Crippen LogP contribution in [0.25, 0.3) is 11.3 Å². The number of nitrogens with zero attached hydrogens (tertiary/aromatic N) is 4. The fourth-order valence-corrected chi connectivity index (χ4v) is 3.55. The Morgan fingerprint density at radius 1 is 0.760 bits per heavy atom. The molecule has 25 heavy (non-hydrogen) atoms. The number of hydrogen-bond donors (Lipinski definition) is 0. The summed E-state index contributed by atoms with van der Waals surface area (Å²) in [6.07, 6.45) is 5.08. The van der Waals surface area contributed by atoms with E-state index in [1.807, 2.05) is 6.07 Å². The highest BCUT2D eigenvalue weighted by Crippen LogP contribution is 2.26. The van der Waals surface area contributed by atoms with Gasteiger partial charge in [0.05, 0.1) is 18.9 Å². The number of ether oxygens (including phenoxy) is 1. The van der Waals surface area contributed by atoms with Crippen molar-refractivity contribution in [1.82, 2.24) is 9.97 Å². The van der Waals surface area contributed by atoms with E-state index in [-0.39, 0.29) is 0 Å². The van der Waals surface area contributed by atoms with Crippen LogP contribution >= 0.6 is 0 Å². The summed E-state index contributed by atoms with van der Waals surface area (Å²) in [5.74, 6) is 1.90. The van der Waals surface area contributed by atoms with E-state index >= 15 is 0 Å². The van der Waals surface area contributed by atoms with Crippen LogP contribution < -0.4 is 9.80 Å². The zero-order valence-electron chi connectivity index (χ0n) is 14.7. The fourth-order valence-electron chi connectivity index (χ4n) is 3.55. The first-order valence-electron chi connectivity index (χ1n) is 9.42. The van der Waals surface area contributed by atoms with Gasteiger partial charge in [0, 0.05) is 37.8 Å². The highest BCUT2D eigenvalue weighted by Gasteiger charge is 2.19. The van der Waals surface area contributed by atoms with E-state index in [1.165, 1.54) is 25.7 Å². The molecule has 0 bridgehead atoms. The van der Waals surface area contributed by atoms with Crippen LogP contribution in [0.4, 0.5) is 11.8 Å². The second kappa shape index (κ2) is 7.83. The highest BCUT2D eigenvalue weighted by atomic mass is 16.5. The van der Waals surface area contributed by atoms with Crippen LogP contribution in [-0.4, -0.2) is 49.4 Å². The Morgan fingerprint density at radius 2 is 1.48 bits per heavy atom. The molecule has 2 saturated heterocycles. The molecule has 2 aromatic rings. The van der Waals surface area contributed by atoms with Gasteiger partial charge in [-0.2, -0.15) is 4.98 Å². The number of benzene rings is 1. The maximum absolute atomic E-state index is 5.50. The van der Waals surface area contributed by atoms with Gasteiger partial charge in [-0.25, -0.2) is 4.98 Å². The zero-order valence-corrected chi connectivity index (χ0v) is 14.7. The van der Waals surface area contributed by atoms with Crippen molar-refractivity contribution in [2.75, 3.05) is 49.2 Å². The van der Waals surface area contributed by atoms with E-state index < -0.39 is 0 Å². The van der Waals surface area contributed by atoms with Crippen LogP contribution in [0.3, 0.4) is 0 Å². The van der Waals surface area contributed by atoms with Gasteiger partial charge in [0.2, 0.25) is 5.95 Å². The van der Waals surface area contributed by atoms with Gasteiger partial charge in [-0.15, -0.1) is 0 Å². The third kappa shape index (κ3) is 3.93. The first-order chi connectivity index (χ1) is 12.4. The molecule has 132 valence electrons. The molecular formula is C20H26N4O. The number of aromatic nitrogens is 2. The first-order valence-corrected chi connectivity index (χ1v) is 9.42. The largest absolute Gasteiger partial charge is 0.378 e. The molecule has 4 rings (SSSR count). The first kappa shape index (κ1) is 16.3. The maximum Gasteiger partial charge on any atom is 0.227 e. The Labute approximate surface area is 149 Å². The van der Waals surface area contributed by atoms with Gasteiger partial charge in [-0.3, -0.25) is 0 Å². The Morgan fingerprint density at radius 3 is 2.20 bits per heavy atom. The molecule has 0 atom stereocenters. The number of hydrogen-bond acceptors (Lipinski definition) is 5. The molecule has 5 heteroatoms. The molecule has 1 aromatic carbocycles. The molecule has 0 radical (unpaired) electrons. The molecule has 0 aliphatic carbocycles. The van der Waals surface area contributed by atoms with Gasteiger partial charge in [0.25, 0.3) is 0 Å². The summed E-state index contributed by atoms with van der Waals surface area (Å²) in [5.41, 5.74) is 2.16. The second-order valence-electron chi connectivity index (χ2n) is 6.78. The lowest BCUT2D eigenvalue weighted by atomic mass is 10.1. The van der Waals surface area contributed by atoms with Crippen molar-refractivity contribution in [3.63, 3.8) is 0 Å². The lowest BCUT2D eigenvalue weighted by molar-refractivity contribution is 0.122. The third-order valence-electron chi connectivity index (χ3n) is 4.99. The van der Waals surface area contributed by atoms with E-state index in [9.17, 15) is 0 Å². The molecule has 2 aliphatic rings. The molecule has 2 fully saturated rings. The fraction of sp³-hybridized carbons (Fsp3) is 0.500. The molecule has 5 nitrogen and oxygen atoms in total. The quantitative estimate of drug-likeness (QED) is 0.858. The van der Waals surface area contributed by atoms with Crippen molar-refractivity contribution in [1.29, 1.82) is 0 Å². The number of rotatable bonds is 3. The van der Waals surface area contributed by atoms with Gasteiger partial charge in [0.15, 0.2) is 0 Å². The smallest absolute Gasteiger partial charge is 0.227 e. The molecule has 0 unspecified atom stereocenters. The Bertz CT molecular complexity index is 677. The second-order valence-corrected chi connectivity index (χ2v) is 6.78. The topological polar surface area (TPSA) is 41.5 Å². The van der Waals surface area contributed by atoms with E-state index in [4.69, 9.17) is 14.7 Å². The van der Waals surface area contributed by atoms with Gasteiger partial charge >= 0.3 is 0 Å². The summed E-state index contributed by atoms with van der Waals surface area (Å²) < 4.78 is 5.50. The van der Waals surface area contributed by atoms with Crippen molar-refractivity contribution >= 4 is 11.8 Å². The van der Waals surface area contributed by atoms with Crippen LogP contribution in [0.1, 0.15) is 25.7 Å². The Kier molecular flexibility index (Phi) is 5.11. The standard InChI is InChI=1S/C20H26N4O/c1-2-7-11-24(10-6-1)20-21-18(17-8-4-3-5-9-17)16-19(22-20)23-12-14-25-15-13-23/h3-5,8-9,16H,1-2,6-7,10-15H2. The average molecular weight is 338 g/mol. The summed E-state index contributed by atoms with van der Waals surface area (Å²) in [5, 5.41) is 0. The van der Waals surface area contributed by atoms with Crippen LogP contribution in [-0.2, 0) is 4.74 Å². The Balaban J connectivity index is 1.71.